The maximum Gasteiger partial charge on any atom is 0.407 e. The largest absolute Gasteiger partial charge is 0.498 e. The molecular formula is C29H57ClFN4O8W-. The molecule has 44 heavy (non-hydrogen) atoms. The van der Waals surface area contributed by atoms with Gasteiger partial charge in [0.1, 0.15) is 23.8 Å². The molecule has 0 bridgehead atoms. The molecule has 0 aromatic heterocycles. The van der Waals surface area contributed by atoms with E-state index in [1.54, 1.807) is 26.8 Å². The molecule has 262 valence electrons. The number of hydroxylamine groups is 1. The number of carbonyl (C=O) groups excluding carboxylic acids is 1. The van der Waals surface area contributed by atoms with Gasteiger partial charge in [-0.05, 0) is 65.5 Å². The number of carbonyl (C=O) groups is 1. The van der Waals surface area contributed by atoms with E-state index in [-0.39, 0.29) is 51.6 Å². The molecule has 15 heteroatoms. The molecule has 0 spiro atoms. The van der Waals surface area contributed by atoms with Crippen molar-refractivity contribution in [1.82, 2.24) is 5.32 Å². The molecule has 6 N–H and O–H groups in total. The minimum absolute atomic E-state index is 0. The number of nitrogens with one attached hydrogen (secondary N) is 1. The average Bonchev–Trinajstić information content (AvgIpc) is 2.94. The molecule has 0 aliphatic carbocycles. The Morgan fingerprint density at radius 1 is 1.02 bits per heavy atom. The zero-order chi connectivity index (χ0) is 33.7. The van der Waals surface area contributed by atoms with Gasteiger partial charge in [0.05, 0.1) is 32.0 Å². The molecule has 0 radical (unpaired) electrons. The van der Waals surface area contributed by atoms with Crippen molar-refractivity contribution in [2.45, 2.75) is 79.9 Å². The van der Waals surface area contributed by atoms with Crippen LogP contribution in [0.3, 0.4) is 0 Å². The predicted octanol–water partition coefficient (Wildman–Crippen LogP) is 5.04. The Bertz CT molecular complexity index is 791. The van der Waals surface area contributed by atoms with Crippen LogP contribution in [0.4, 0.5) is 9.18 Å². The summed E-state index contributed by atoms with van der Waals surface area (Å²) in [4.78, 5) is 20.9. The average molecular weight is 828 g/mol. The van der Waals surface area contributed by atoms with Crippen molar-refractivity contribution in [3.05, 3.63) is 35.1 Å². The van der Waals surface area contributed by atoms with Crippen LogP contribution in [0.25, 0.3) is 5.48 Å². The van der Waals surface area contributed by atoms with E-state index in [0.717, 1.165) is 12.0 Å². The van der Waals surface area contributed by atoms with E-state index in [9.17, 15) is 9.18 Å². The van der Waals surface area contributed by atoms with Crippen LogP contribution in [0, 0.1) is 11.7 Å². The molecule has 1 amide bonds. The van der Waals surface area contributed by atoms with Gasteiger partial charge in [0.25, 0.3) is 0 Å². The van der Waals surface area contributed by atoms with Crippen LogP contribution in [0.1, 0.15) is 67.9 Å². The van der Waals surface area contributed by atoms with Gasteiger partial charge in [0, 0.05) is 46.2 Å². The molecule has 0 aliphatic rings. The fourth-order valence-corrected chi connectivity index (χ4v) is 2.67. The van der Waals surface area contributed by atoms with E-state index in [1.165, 1.54) is 12.1 Å². The second-order valence-corrected chi connectivity index (χ2v) is 10.9. The molecule has 1 rings (SSSR count). The number of alkyl halides is 1. The summed E-state index contributed by atoms with van der Waals surface area (Å²) in [5.41, 5.74) is 3.64. The number of amides is 1. The van der Waals surface area contributed by atoms with Gasteiger partial charge in [-0.25, -0.2) is 14.1 Å². The Morgan fingerprint density at radius 2 is 1.64 bits per heavy atom. The number of halogens is 2. The van der Waals surface area contributed by atoms with E-state index in [4.69, 9.17) is 40.5 Å². The Hall–Kier alpha value is -1.12. The third kappa shape index (κ3) is 35.4. The maximum atomic E-state index is 13.4. The van der Waals surface area contributed by atoms with Crippen molar-refractivity contribution in [2.75, 3.05) is 58.6 Å². The Balaban J connectivity index is -0.000000376. The van der Waals surface area contributed by atoms with E-state index in [0.29, 0.717) is 51.1 Å². The fourth-order valence-electron chi connectivity index (χ4n) is 2.56. The quantitative estimate of drug-likeness (QED) is 0.0549. The van der Waals surface area contributed by atoms with E-state index < -0.39 is 11.7 Å². The second-order valence-electron chi connectivity index (χ2n) is 10.6. The van der Waals surface area contributed by atoms with E-state index in [2.05, 4.69) is 27.5 Å². The van der Waals surface area contributed by atoms with Crippen molar-refractivity contribution >= 4 is 17.7 Å². The monoisotopic (exact) mass is 827 g/mol. The normalized spacial score (nSPS) is 11.2. The molecule has 0 fully saturated rings. The molecule has 0 saturated carbocycles. The first-order chi connectivity index (χ1) is 20.3. The first-order valence-electron chi connectivity index (χ1n) is 14.3. The summed E-state index contributed by atoms with van der Waals surface area (Å²) < 4.78 is 34.5. The number of hydrazine groups is 1. The number of ether oxygens (including phenoxy) is 4. The van der Waals surface area contributed by atoms with Gasteiger partial charge < -0.3 is 39.8 Å². The molecular weight excluding hydrogens is 771 g/mol. The van der Waals surface area contributed by atoms with Crippen LogP contribution in [-0.4, -0.2) is 81.0 Å². The van der Waals surface area contributed by atoms with Gasteiger partial charge in [-0.15, -0.1) is 18.1 Å². The van der Waals surface area contributed by atoms with Crippen LogP contribution >= 0.6 is 11.6 Å². The van der Waals surface area contributed by atoms with Gasteiger partial charge >= 0.3 is 6.09 Å². The fraction of sp³-hybridized carbons (Fsp3) is 0.759. The van der Waals surface area contributed by atoms with Crippen molar-refractivity contribution in [2.24, 2.45) is 17.6 Å². The number of hydrogen-bond acceptors (Lipinski definition) is 10. The van der Waals surface area contributed by atoms with Gasteiger partial charge in [-0.1, -0.05) is 26.8 Å². The Labute approximate surface area is 283 Å². The number of benzene rings is 1. The van der Waals surface area contributed by atoms with E-state index in [1.807, 2.05) is 41.5 Å². The number of aliphatic hydroxyl groups excluding tert-OH is 1. The topological polar surface area (TPSA) is 171 Å². The van der Waals surface area contributed by atoms with E-state index >= 15 is 0 Å². The van der Waals surface area contributed by atoms with Crippen LogP contribution in [0.15, 0.2) is 18.2 Å². The van der Waals surface area contributed by atoms with Crippen LogP contribution in [0.5, 0.6) is 5.75 Å². The molecule has 1 unspecified atom stereocenters. The number of hydrogen-bond donors (Lipinski definition) is 4. The summed E-state index contributed by atoms with van der Waals surface area (Å²) in [5.74, 6) is 8.98. The molecule has 0 aliphatic heterocycles. The van der Waals surface area contributed by atoms with Crippen LogP contribution < -0.4 is 21.7 Å². The molecule has 1 aromatic carbocycles. The number of alkyl carbamates (subject to hydrolysis) is 1. The third-order valence-electron chi connectivity index (χ3n) is 4.16. The summed E-state index contributed by atoms with van der Waals surface area (Å²) in [7, 11) is 0. The van der Waals surface area contributed by atoms with Crippen molar-refractivity contribution in [1.29, 1.82) is 0 Å². The predicted molar refractivity (Wildman–Crippen MR) is 168 cm³/mol. The second kappa shape index (κ2) is 31.8. The van der Waals surface area contributed by atoms with Gasteiger partial charge in [-0.2, -0.15) is 0 Å². The van der Waals surface area contributed by atoms with Crippen LogP contribution in [-0.2, 0) is 51.6 Å². The summed E-state index contributed by atoms with van der Waals surface area (Å²) in [6.07, 6.45) is 0.245. The Morgan fingerprint density at radius 3 is 2.18 bits per heavy atom. The molecule has 0 saturated heterocycles. The number of rotatable bonds is 17. The first kappa shape index (κ1) is 49.8. The number of nitrogens with zero attached hydrogens (tertiary/aromatic N) is 1. The molecule has 12 nitrogen and oxygen atoms in total. The third-order valence-corrected chi connectivity index (χ3v) is 4.69. The zero-order valence-electron chi connectivity index (χ0n) is 28.0. The standard InChI is InChI=1S/C19H29ClFNO4.C8H18NO4.C2H6.H4N2.W/c1-14(13-20)11-15-5-6-16(21)12-17(15)25-10-9-24-8-7-22-18(23)26-19(2,3)4;1-8(2,3)12-13-9-4-6-11-7-5-10;2*1-2;/h5-6,12,14H,7-11,13H2,1-4H3,(H,22,23);10H,4-7H2,1-3H3;1-2H3;1-2H2;/q;-1;;;. The summed E-state index contributed by atoms with van der Waals surface area (Å²) >= 11 is 5.84. The minimum Gasteiger partial charge on any atom is -0.498 e. The Kier molecular flexibility index (Phi) is 36.0. The molecule has 0 heterocycles. The summed E-state index contributed by atoms with van der Waals surface area (Å²) in [6.45, 7) is 19.5. The van der Waals surface area contributed by atoms with Crippen LogP contribution in [0.2, 0.25) is 0 Å². The van der Waals surface area contributed by atoms with Gasteiger partial charge in [0.2, 0.25) is 0 Å². The van der Waals surface area contributed by atoms with Crippen molar-refractivity contribution in [3.8, 4) is 5.75 Å². The SMILES string of the molecule is CC.CC(C)(C)OO[N-]CCOCCO.CC(CCl)Cc1ccc(F)cc1OCCOCCNC(=O)OC(C)(C)C.NN.[W]. The van der Waals surface area contributed by atoms with Gasteiger partial charge in [-0.3, -0.25) is 11.7 Å². The number of aliphatic hydroxyl groups is 1. The minimum atomic E-state index is -0.525. The maximum absolute atomic E-state index is 13.4. The van der Waals surface area contributed by atoms with Gasteiger partial charge in [0.15, 0.2) is 0 Å². The van der Waals surface area contributed by atoms with Crippen molar-refractivity contribution in [3.63, 3.8) is 0 Å². The summed E-state index contributed by atoms with van der Waals surface area (Å²) in [5, 5.41) is 11.0. The first-order valence-corrected chi connectivity index (χ1v) is 14.9. The zero-order valence-corrected chi connectivity index (χ0v) is 31.6. The number of nitrogens with two attached hydrogens (primary N) is 2. The smallest absolute Gasteiger partial charge is 0.407 e. The van der Waals surface area contributed by atoms with Crippen molar-refractivity contribution < 1.29 is 64.2 Å². The molecule has 1 aromatic rings. The summed E-state index contributed by atoms with van der Waals surface area (Å²) in [6, 6.07) is 4.52. The molecule has 1 atom stereocenters.